The number of likely N-dealkylation sites (N-methyl/N-ethyl adjacent to an activating group) is 1. The minimum atomic E-state index is -3.99. The summed E-state index contributed by atoms with van der Waals surface area (Å²) in [6.45, 7) is 5.24. The van der Waals surface area contributed by atoms with Gasteiger partial charge >= 0.3 is 0 Å². The third-order valence-corrected chi connectivity index (χ3v) is 8.79. The highest BCUT2D eigenvalue weighted by Gasteiger charge is 2.31. The van der Waals surface area contributed by atoms with Gasteiger partial charge in [0.25, 0.3) is 10.0 Å². The van der Waals surface area contributed by atoms with Gasteiger partial charge in [-0.2, -0.15) is 0 Å². The van der Waals surface area contributed by atoms with Crippen LogP contribution in [0.2, 0.25) is 0 Å². The van der Waals surface area contributed by atoms with Crippen LogP contribution in [0.25, 0.3) is 0 Å². The topological polar surface area (TPSA) is 108 Å². The second-order valence-electron chi connectivity index (χ2n) is 10.8. The zero-order valence-electron chi connectivity index (χ0n) is 24.3. The number of rotatable bonds is 10. The number of aliphatic hydroxyl groups excluding tert-OH is 1. The Labute approximate surface area is 246 Å². The van der Waals surface area contributed by atoms with Crippen molar-refractivity contribution in [1.82, 2.24) is 9.80 Å². The fraction of sp³-hybridized carbons (Fsp3) is 0.387. The molecule has 0 aromatic heterocycles. The van der Waals surface area contributed by atoms with Gasteiger partial charge in [-0.1, -0.05) is 19.1 Å². The number of fused-ring (bicyclic) bond motifs is 1. The number of nitrogens with one attached hydrogen (secondary N) is 1. The molecule has 0 fully saturated rings. The highest BCUT2D eigenvalue weighted by molar-refractivity contribution is 7.92. The van der Waals surface area contributed by atoms with Crippen LogP contribution in [-0.4, -0.2) is 75.2 Å². The van der Waals surface area contributed by atoms with Crippen LogP contribution in [-0.2, 0) is 27.8 Å². The van der Waals surface area contributed by atoms with E-state index in [-0.39, 0.29) is 41.5 Å². The summed E-state index contributed by atoms with van der Waals surface area (Å²) in [6.07, 6.45) is -0.347. The number of hydrogen-bond donors (Lipinski definition) is 2. The van der Waals surface area contributed by atoms with Gasteiger partial charge in [-0.25, -0.2) is 12.8 Å². The molecule has 0 radical (unpaired) electrons. The number of ether oxygens (including phenoxy) is 2. The van der Waals surface area contributed by atoms with E-state index in [0.717, 1.165) is 23.4 Å². The van der Waals surface area contributed by atoms with Crippen molar-refractivity contribution >= 4 is 21.6 Å². The van der Waals surface area contributed by atoms with Gasteiger partial charge in [-0.3, -0.25) is 14.4 Å². The largest absolute Gasteiger partial charge is 0.497 e. The number of benzene rings is 3. The van der Waals surface area contributed by atoms with E-state index in [1.165, 1.54) is 12.1 Å². The Hall–Kier alpha value is -3.67. The molecule has 0 spiro atoms. The van der Waals surface area contributed by atoms with E-state index in [0.29, 0.717) is 30.9 Å². The third-order valence-electron chi connectivity index (χ3n) is 7.40. The van der Waals surface area contributed by atoms with E-state index in [9.17, 15) is 22.7 Å². The molecule has 226 valence electrons. The molecule has 3 aromatic rings. The van der Waals surface area contributed by atoms with Crippen LogP contribution in [0.3, 0.4) is 0 Å². The number of hydrogen-bond acceptors (Lipinski definition) is 7. The number of sulfonamides is 1. The van der Waals surface area contributed by atoms with Crippen LogP contribution in [0, 0.1) is 11.7 Å². The Morgan fingerprint density at radius 3 is 2.48 bits per heavy atom. The fourth-order valence-corrected chi connectivity index (χ4v) is 6.00. The van der Waals surface area contributed by atoms with Crippen LogP contribution in [0.4, 0.5) is 10.1 Å². The molecule has 1 aliphatic rings. The van der Waals surface area contributed by atoms with Gasteiger partial charge in [0, 0.05) is 36.8 Å². The molecular weight excluding hydrogens is 561 g/mol. The maximum absolute atomic E-state index is 13.5. The summed E-state index contributed by atoms with van der Waals surface area (Å²) in [4.78, 5) is 17.2. The van der Waals surface area contributed by atoms with Crippen LogP contribution >= 0.6 is 0 Å². The van der Waals surface area contributed by atoms with E-state index in [1.807, 2.05) is 38.2 Å². The van der Waals surface area contributed by atoms with Gasteiger partial charge in [0.1, 0.15) is 23.4 Å². The molecule has 42 heavy (non-hydrogen) atoms. The predicted molar refractivity (Wildman–Crippen MR) is 159 cm³/mol. The summed E-state index contributed by atoms with van der Waals surface area (Å²) < 4.78 is 53.5. The summed E-state index contributed by atoms with van der Waals surface area (Å²) in [5.41, 5.74) is 1.88. The molecule has 0 bridgehead atoms. The normalized spacial score (nSPS) is 18.4. The molecule has 0 unspecified atom stereocenters. The lowest BCUT2D eigenvalue weighted by Gasteiger charge is -2.34. The summed E-state index contributed by atoms with van der Waals surface area (Å²) in [7, 11) is -0.362. The maximum Gasteiger partial charge on any atom is 0.261 e. The van der Waals surface area contributed by atoms with E-state index in [1.54, 1.807) is 37.1 Å². The van der Waals surface area contributed by atoms with E-state index in [2.05, 4.69) is 9.62 Å². The Bertz CT molecular complexity index is 1470. The first-order valence-electron chi connectivity index (χ1n) is 13.8. The van der Waals surface area contributed by atoms with E-state index < -0.39 is 21.9 Å². The molecule has 1 heterocycles. The average Bonchev–Trinajstić information content (AvgIpc) is 3.00. The minimum Gasteiger partial charge on any atom is -0.497 e. The number of halogens is 1. The van der Waals surface area contributed by atoms with Crippen molar-refractivity contribution in [2.24, 2.45) is 5.92 Å². The van der Waals surface area contributed by atoms with Gasteiger partial charge in [-0.15, -0.1) is 0 Å². The number of carbonyl (C=O) groups is 1. The van der Waals surface area contributed by atoms with Gasteiger partial charge in [0.2, 0.25) is 5.91 Å². The molecule has 9 nitrogen and oxygen atoms in total. The molecule has 0 saturated carbocycles. The van der Waals surface area contributed by atoms with Crippen molar-refractivity contribution in [3.8, 4) is 11.5 Å². The lowest BCUT2D eigenvalue weighted by Crippen LogP contribution is -2.47. The minimum absolute atomic E-state index is 0.0348. The first kappa shape index (κ1) is 31.3. The van der Waals surface area contributed by atoms with Gasteiger partial charge < -0.3 is 19.5 Å². The number of anilines is 1. The molecular formula is C31H38FN3O6S. The van der Waals surface area contributed by atoms with Crippen molar-refractivity contribution in [2.45, 2.75) is 43.9 Å². The highest BCUT2D eigenvalue weighted by Crippen LogP contribution is 2.30. The first-order chi connectivity index (χ1) is 20.0. The molecule has 11 heteroatoms. The van der Waals surface area contributed by atoms with E-state index in [4.69, 9.17) is 9.47 Å². The van der Waals surface area contributed by atoms with Crippen LogP contribution in [0.15, 0.2) is 71.6 Å². The number of aliphatic hydroxyl groups is 1. The van der Waals surface area contributed by atoms with Crippen LogP contribution in [0.1, 0.15) is 25.0 Å². The fourth-order valence-electron chi connectivity index (χ4n) is 4.95. The number of amides is 1. The van der Waals surface area contributed by atoms with E-state index >= 15 is 0 Å². The second-order valence-corrected chi connectivity index (χ2v) is 12.5. The Morgan fingerprint density at radius 1 is 1.14 bits per heavy atom. The summed E-state index contributed by atoms with van der Waals surface area (Å²) in [5.74, 6) is 0.458. The third kappa shape index (κ3) is 7.78. The van der Waals surface area contributed by atoms with Gasteiger partial charge in [0.15, 0.2) is 0 Å². The lowest BCUT2D eigenvalue weighted by atomic mass is 10.0. The zero-order valence-corrected chi connectivity index (χ0v) is 25.1. The lowest BCUT2D eigenvalue weighted by molar-refractivity contribution is -0.134. The molecule has 4 rings (SSSR count). The molecule has 0 aliphatic carbocycles. The number of nitrogens with zero attached hydrogens (tertiary/aromatic N) is 2. The Morgan fingerprint density at radius 2 is 1.83 bits per heavy atom. The molecule has 0 saturated heterocycles. The standard InChI is InChI=1S/C31H38FN3O6S/c1-21-17-35(22(2)20-36)31(37)16-24-15-26(33-42(38,39)28-12-7-25(32)8-13-28)9-14-29(24)41-30(21)19-34(3)18-23-5-10-27(40-4)11-6-23/h5-15,21-22,30,33,36H,16-20H2,1-4H3/t21-,22-,30+/m0/s1. The van der Waals surface area contributed by atoms with Gasteiger partial charge in [0.05, 0.1) is 31.1 Å². The SMILES string of the molecule is COc1ccc(CN(C)C[C@H]2Oc3ccc(NS(=O)(=O)c4ccc(F)cc4)cc3CC(=O)N([C@@H](C)CO)C[C@@H]2C)cc1. The van der Waals surface area contributed by atoms with Crippen LogP contribution < -0.4 is 14.2 Å². The summed E-state index contributed by atoms with van der Waals surface area (Å²) in [6, 6.07) is 16.8. The monoisotopic (exact) mass is 599 g/mol. The maximum atomic E-state index is 13.5. The molecule has 2 N–H and O–H groups in total. The summed E-state index contributed by atoms with van der Waals surface area (Å²) >= 11 is 0. The van der Waals surface area contributed by atoms with Crippen molar-refractivity contribution < 1.29 is 32.2 Å². The van der Waals surface area contributed by atoms with Gasteiger partial charge in [-0.05, 0) is 74.1 Å². The number of methoxy groups -OCH3 is 1. The van der Waals surface area contributed by atoms with Crippen molar-refractivity contribution in [1.29, 1.82) is 0 Å². The number of carbonyl (C=O) groups excluding carboxylic acids is 1. The highest BCUT2D eigenvalue weighted by atomic mass is 32.2. The van der Waals surface area contributed by atoms with Crippen molar-refractivity contribution in [2.75, 3.05) is 38.6 Å². The molecule has 3 atom stereocenters. The quantitative estimate of drug-likeness (QED) is 0.364. The smallest absolute Gasteiger partial charge is 0.261 e. The first-order valence-corrected chi connectivity index (χ1v) is 15.3. The molecule has 1 amide bonds. The van der Waals surface area contributed by atoms with Crippen LogP contribution in [0.5, 0.6) is 11.5 Å². The molecule has 1 aliphatic heterocycles. The Kier molecular flexibility index (Phi) is 10.1. The Balaban J connectivity index is 1.61. The summed E-state index contributed by atoms with van der Waals surface area (Å²) in [5, 5.41) is 9.89. The van der Waals surface area contributed by atoms with Crippen molar-refractivity contribution in [3.05, 3.63) is 83.7 Å². The molecule has 3 aromatic carbocycles. The average molecular weight is 600 g/mol. The predicted octanol–water partition coefficient (Wildman–Crippen LogP) is 3.92. The zero-order chi connectivity index (χ0) is 30.4. The van der Waals surface area contributed by atoms with Crippen molar-refractivity contribution in [3.63, 3.8) is 0 Å². The second kappa shape index (κ2) is 13.5.